The molecule has 0 aliphatic carbocycles. The van der Waals surface area contributed by atoms with Gasteiger partial charge in [-0.2, -0.15) is 0 Å². The lowest BCUT2D eigenvalue weighted by molar-refractivity contribution is 0.407. The number of benzene rings is 1. The van der Waals surface area contributed by atoms with Crippen LogP contribution >= 0.6 is 0 Å². The van der Waals surface area contributed by atoms with Gasteiger partial charge < -0.3 is 10.5 Å². The number of pyridine rings is 1. The molecule has 0 aliphatic heterocycles. The normalized spacial score (nSPS) is 10.5. The SMILES string of the molecule is COc1cnc(CCc2ccccc2F)cc1CN. The summed E-state index contributed by atoms with van der Waals surface area (Å²) in [6.45, 7) is 0.401. The van der Waals surface area contributed by atoms with E-state index in [1.54, 1.807) is 25.4 Å². The summed E-state index contributed by atoms with van der Waals surface area (Å²) in [4.78, 5) is 4.30. The minimum Gasteiger partial charge on any atom is -0.495 e. The van der Waals surface area contributed by atoms with Gasteiger partial charge in [0.2, 0.25) is 0 Å². The van der Waals surface area contributed by atoms with Crippen LogP contribution in [0.15, 0.2) is 36.5 Å². The Balaban J connectivity index is 2.10. The highest BCUT2D eigenvalue weighted by Crippen LogP contribution is 2.18. The molecule has 0 saturated carbocycles. The van der Waals surface area contributed by atoms with Gasteiger partial charge in [-0.3, -0.25) is 4.98 Å². The van der Waals surface area contributed by atoms with E-state index in [1.807, 2.05) is 12.1 Å². The molecule has 0 amide bonds. The van der Waals surface area contributed by atoms with Gasteiger partial charge in [0.15, 0.2) is 0 Å². The van der Waals surface area contributed by atoms with E-state index in [9.17, 15) is 4.39 Å². The number of aromatic nitrogens is 1. The summed E-state index contributed by atoms with van der Waals surface area (Å²) in [5.74, 6) is 0.521. The molecule has 19 heavy (non-hydrogen) atoms. The predicted octanol–water partition coefficient (Wildman–Crippen LogP) is 2.47. The highest BCUT2D eigenvalue weighted by atomic mass is 19.1. The molecule has 0 bridgehead atoms. The zero-order valence-electron chi connectivity index (χ0n) is 10.9. The highest BCUT2D eigenvalue weighted by Gasteiger charge is 2.06. The number of ether oxygens (including phenoxy) is 1. The van der Waals surface area contributed by atoms with Crippen molar-refractivity contribution in [1.82, 2.24) is 4.98 Å². The van der Waals surface area contributed by atoms with Crippen molar-refractivity contribution < 1.29 is 9.13 Å². The molecule has 0 saturated heterocycles. The summed E-state index contributed by atoms with van der Waals surface area (Å²) in [5.41, 5.74) is 8.17. The molecule has 2 aromatic rings. The Kier molecular flexibility index (Phi) is 4.47. The van der Waals surface area contributed by atoms with Crippen LogP contribution in [0.3, 0.4) is 0 Å². The topological polar surface area (TPSA) is 48.1 Å². The second-order valence-corrected chi connectivity index (χ2v) is 4.28. The van der Waals surface area contributed by atoms with Crippen molar-refractivity contribution in [2.24, 2.45) is 5.73 Å². The molecule has 1 aromatic carbocycles. The molecule has 4 heteroatoms. The van der Waals surface area contributed by atoms with Gasteiger partial charge in [0.1, 0.15) is 11.6 Å². The molecule has 100 valence electrons. The van der Waals surface area contributed by atoms with Crippen LogP contribution in [0.5, 0.6) is 5.75 Å². The molecule has 0 radical (unpaired) electrons. The van der Waals surface area contributed by atoms with E-state index >= 15 is 0 Å². The number of nitrogens with zero attached hydrogens (tertiary/aromatic N) is 1. The molecular formula is C15H17FN2O. The van der Waals surface area contributed by atoms with Crippen molar-refractivity contribution in [3.05, 3.63) is 59.2 Å². The van der Waals surface area contributed by atoms with Crippen molar-refractivity contribution in [3.63, 3.8) is 0 Å². The number of aryl methyl sites for hydroxylation is 2. The fourth-order valence-electron chi connectivity index (χ4n) is 1.98. The fourth-order valence-corrected chi connectivity index (χ4v) is 1.98. The lowest BCUT2D eigenvalue weighted by atomic mass is 10.1. The van der Waals surface area contributed by atoms with E-state index in [1.165, 1.54) is 6.07 Å². The largest absolute Gasteiger partial charge is 0.495 e. The Labute approximate surface area is 112 Å². The number of rotatable bonds is 5. The Morgan fingerprint density at radius 1 is 1.21 bits per heavy atom. The molecule has 1 aromatic heterocycles. The number of hydrogen-bond donors (Lipinski definition) is 1. The van der Waals surface area contributed by atoms with Crippen LogP contribution in [0.2, 0.25) is 0 Å². The summed E-state index contributed by atoms with van der Waals surface area (Å²) in [6, 6.07) is 8.71. The summed E-state index contributed by atoms with van der Waals surface area (Å²) in [6.07, 6.45) is 2.97. The monoisotopic (exact) mass is 260 g/mol. The second kappa shape index (κ2) is 6.29. The first-order valence-corrected chi connectivity index (χ1v) is 6.20. The maximum Gasteiger partial charge on any atom is 0.141 e. The van der Waals surface area contributed by atoms with Gasteiger partial charge >= 0.3 is 0 Å². The van der Waals surface area contributed by atoms with Crippen molar-refractivity contribution in [2.75, 3.05) is 7.11 Å². The van der Waals surface area contributed by atoms with E-state index in [0.717, 1.165) is 11.3 Å². The minimum atomic E-state index is -0.171. The van der Waals surface area contributed by atoms with Gasteiger partial charge in [-0.1, -0.05) is 18.2 Å². The molecular weight excluding hydrogens is 243 g/mol. The van der Waals surface area contributed by atoms with Crippen LogP contribution in [0.4, 0.5) is 4.39 Å². The van der Waals surface area contributed by atoms with Crippen LogP contribution in [0, 0.1) is 5.82 Å². The minimum absolute atomic E-state index is 0.171. The molecule has 0 fully saturated rings. The average molecular weight is 260 g/mol. The van der Waals surface area contributed by atoms with Crippen LogP contribution in [-0.4, -0.2) is 12.1 Å². The molecule has 1 heterocycles. The van der Waals surface area contributed by atoms with E-state index in [2.05, 4.69) is 4.98 Å². The molecule has 2 rings (SSSR count). The third kappa shape index (κ3) is 3.29. The molecule has 0 atom stereocenters. The standard InChI is InChI=1S/C15H17FN2O/c1-19-15-10-18-13(8-12(15)9-17)7-6-11-4-2-3-5-14(11)16/h2-5,8,10H,6-7,9,17H2,1H3. The third-order valence-electron chi connectivity index (χ3n) is 3.05. The van der Waals surface area contributed by atoms with E-state index < -0.39 is 0 Å². The summed E-state index contributed by atoms with van der Waals surface area (Å²) >= 11 is 0. The second-order valence-electron chi connectivity index (χ2n) is 4.28. The first kappa shape index (κ1) is 13.5. The quantitative estimate of drug-likeness (QED) is 0.898. The van der Waals surface area contributed by atoms with Crippen molar-refractivity contribution in [2.45, 2.75) is 19.4 Å². The molecule has 3 nitrogen and oxygen atoms in total. The number of nitrogens with two attached hydrogens (primary N) is 1. The Morgan fingerprint density at radius 2 is 2.00 bits per heavy atom. The molecule has 0 unspecified atom stereocenters. The molecule has 0 aliphatic rings. The van der Waals surface area contributed by atoms with Gasteiger partial charge in [0.25, 0.3) is 0 Å². The predicted molar refractivity (Wildman–Crippen MR) is 72.5 cm³/mol. The van der Waals surface area contributed by atoms with Crippen LogP contribution in [-0.2, 0) is 19.4 Å². The van der Waals surface area contributed by atoms with Crippen LogP contribution in [0.1, 0.15) is 16.8 Å². The van der Waals surface area contributed by atoms with Gasteiger partial charge in [0, 0.05) is 17.8 Å². The summed E-state index contributed by atoms with van der Waals surface area (Å²) in [7, 11) is 1.59. The van der Waals surface area contributed by atoms with Crippen molar-refractivity contribution in [3.8, 4) is 5.75 Å². The fraction of sp³-hybridized carbons (Fsp3) is 0.267. The summed E-state index contributed by atoms with van der Waals surface area (Å²) in [5, 5.41) is 0. The number of methoxy groups -OCH3 is 1. The maximum atomic E-state index is 13.5. The van der Waals surface area contributed by atoms with E-state index in [4.69, 9.17) is 10.5 Å². The molecule has 0 spiro atoms. The lowest BCUT2D eigenvalue weighted by Gasteiger charge is -2.08. The van der Waals surface area contributed by atoms with Gasteiger partial charge in [0.05, 0.1) is 13.3 Å². The lowest BCUT2D eigenvalue weighted by Crippen LogP contribution is -2.04. The van der Waals surface area contributed by atoms with Gasteiger partial charge in [-0.25, -0.2) is 4.39 Å². The van der Waals surface area contributed by atoms with Gasteiger partial charge in [-0.15, -0.1) is 0 Å². The van der Waals surface area contributed by atoms with Crippen molar-refractivity contribution >= 4 is 0 Å². The first-order valence-electron chi connectivity index (χ1n) is 6.20. The van der Waals surface area contributed by atoms with Gasteiger partial charge in [-0.05, 0) is 30.5 Å². The zero-order chi connectivity index (χ0) is 13.7. The number of hydrogen-bond acceptors (Lipinski definition) is 3. The Bertz CT molecular complexity index is 558. The van der Waals surface area contributed by atoms with E-state index in [0.29, 0.717) is 30.7 Å². The molecule has 2 N–H and O–H groups in total. The Morgan fingerprint density at radius 3 is 2.68 bits per heavy atom. The Hall–Kier alpha value is -1.94. The highest BCUT2D eigenvalue weighted by molar-refractivity contribution is 5.32. The van der Waals surface area contributed by atoms with Crippen molar-refractivity contribution in [1.29, 1.82) is 0 Å². The zero-order valence-corrected chi connectivity index (χ0v) is 10.9. The summed E-state index contributed by atoms with van der Waals surface area (Å²) < 4.78 is 18.7. The van der Waals surface area contributed by atoms with E-state index in [-0.39, 0.29) is 5.82 Å². The van der Waals surface area contributed by atoms with Crippen LogP contribution < -0.4 is 10.5 Å². The first-order chi connectivity index (χ1) is 9.24. The smallest absolute Gasteiger partial charge is 0.141 e. The number of halogens is 1. The van der Waals surface area contributed by atoms with Crippen LogP contribution in [0.25, 0.3) is 0 Å². The average Bonchev–Trinajstić information content (AvgIpc) is 2.46. The maximum absolute atomic E-state index is 13.5. The third-order valence-corrected chi connectivity index (χ3v) is 3.05.